The standard InChI is InChI=1S/C15H21NO4/c1-11(16(2)7-6-15(17)18)12-4-5-13-14(10-12)20-9-3-8-19-13/h4-5,10-11H,3,6-9H2,1-2H3,(H,17,18). The van der Waals surface area contributed by atoms with Crippen LogP contribution in [0.15, 0.2) is 18.2 Å². The molecule has 1 atom stereocenters. The Bertz CT molecular complexity index is 475. The third-order valence-corrected chi connectivity index (χ3v) is 3.59. The zero-order valence-electron chi connectivity index (χ0n) is 12.0. The van der Waals surface area contributed by atoms with Crippen LogP contribution in [0.25, 0.3) is 0 Å². The summed E-state index contributed by atoms with van der Waals surface area (Å²) in [6.07, 6.45) is 1.03. The lowest BCUT2D eigenvalue weighted by Gasteiger charge is -2.25. The van der Waals surface area contributed by atoms with Gasteiger partial charge in [0, 0.05) is 19.0 Å². The normalized spacial score (nSPS) is 15.8. The molecule has 1 N–H and O–H groups in total. The number of fused-ring (bicyclic) bond motifs is 1. The molecule has 1 aromatic rings. The Morgan fingerprint density at radius 1 is 1.35 bits per heavy atom. The van der Waals surface area contributed by atoms with Crippen molar-refractivity contribution in [3.63, 3.8) is 0 Å². The first-order valence-electron chi connectivity index (χ1n) is 6.89. The van der Waals surface area contributed by atoms with E-state index in [-0.39, 0.29) is 12.5 Å². The summed E-state index contributed by atoms with van der Waals surface area (Å²) in [7, 11) is 1.93. The second kappa shape index (κ2) is 6.61. The molecule has 0 aromatic heterocycles. The molecule has 0 saturated heterocycles. The fourth-order valence-electron chi connectivity index (χ4n) is 2.16. The number of hydrogen-bond acceptors (Lipinski definition) is 4. The van der Waals surface area contributed by atoms with Gasteiger partial charge in [-0.15, -0.1) is 0 Å². The summed E-state index contributed by atoms with van der Waals surface area (Å²) in [5.41, 5.74) is 1.10. The highest BCUT2D eigenvalue weighted by Crippen LogP contribution is 2.33. The van der Waals surface area contributed by atoms with E-state index in [1.807, 2.05) is 30.1 Å². The highest BCUT2D eigenvalue weighted by molar-refractivity contribution is 5.66. The van der Waals surface area contributed by atoms with Crippen molar-refractivity contribution in [3.8, 4) is 11.5 Å². The van der Waals surface area contributed by atoms with E-state index in [1.54, 1.807) is 0 Å². The zero-order valence-corrected chi connectivity index (χ0v) is 12.0. The number of carboxylic acids is 1. The molecule has 0 radical (unpaired) electrons. The van der Waals surface area contributed by atoms with E-state index in [2.05, 4.69) is 6.92 Å². The van der Waals surface area contributed by atoms with E-state index in [1.165, 1.54) is 0 Å². The van der Waals surface area contributed by atoms with Gasteiger partial charge in [-0.25, -0.2) is 0 Å². The van der Waals surface area contributed by atoms with E-state index in [0.717, 1.165) is 23.5 Å². The van der Waals surface area contributed by atoms with Gasteiger partial charge in [-0.2, -0.15) is 0 Å². The van der Waals surface area contributed by atoms with Crippen LogP contribution in [0.5, 0.6) is 11.5 Å². The lowest BCUT2D eigenvalue weighted by molar-refractivity contribution is -0.137. The maximum atomic E-state index is 10.6. The SMILES string of the molecule is CC(c1ccc2c(c1)OCCCO2)N(C)CCC(=O)O. The summed E-state index contributed by atoms with van der Waals surface area (Å²) in [5, 5.41) is 8.74. The summed E-state index contributed by atoms with van der Waals surface area (Å²) in [6.45, 7) is 3.92. The van der Waals surface area contributed by atoms with Gasteiger partial charge in [0.25, 0.3) is 0 Å². The van der Waals surface area contributed by atoms with Crippen LogP contribution in [0.4, 0.5) is 0 Å². The van der Waals surface area contributed by atoms with Gasteiger partial charge in [-0.05, 0) is 31.7 Å². The predicted octanol–water partition coefficient (Wildman–Crippen LogP) is 2.32. The molecule has 20 heavy (non-hydrogen) atoms. The van der Waals surface area contributed by atoms with Crippen LogP contribution in [0.1, 0.15) is 31.4 Å². The van der Waals surface area contributed by atoms with E-state index in [9.17, 15) is 4.79 Å². The molecule has 5 nitrogen and oxygen atoms in total. The van der Waals surface area contributed by atoms with Gasteiger partial charge < -0.3 is 14.6 Å². The fraction of sp³-hybridized carbons (Fsp3) is 0.533. The molecule has 0 bridgehead atoms. The van der Waals surface area contributed by atoms with Crippen LogP contribution in [-0.4, -0.2) is 42.8 Å². The molecule has 0 aliphatic carbocycles. The summed E-state index contributed by atoms with van der Waals surface area (Å²) in [4.78, 5) is 12.7. The Kier molecular flexibility index (Phi) is 4.84. The number of carbonyl (C=O) groups is 1. The van der Waals surface area contributed by atoms with Crippen LogP contribution in [0.2, 0.25) is 0 Å². The molecule has 1 aliphatic rings. The predicted molar refractivity (Wildman–Crippen MR) is 75.3 cm³/mol. The van der Waals surface area contributed by atoms with Gasteiger partial charge in [0.2, 0.25) is 0 Å². The maximum Gasteiger partial charge on any atom is 0.304 e. The quantitative estimate of drug-likeness (QED) is 0.896. The van der Waals surface area contributed by atoms with Crippen LogP contribution >= 0.6 is 0 Å². The molecule has 110 valence electrons. The van der Waals surface area contributed by atoms with Crippen LogP contribution in [0, 0.1) is 0 Å². The minimum Gasteiger partial charge on any atom is -0.490 e. The molecular weight excluding hydrogens is 258 g/mol. The monoisotopic (exact) mass is 279 g/mol. The molecule has 0 fully saturated rings. The second-order valence-electron chi connectivity index (χ2n) is 5.06. The van der Waals surface area contributed by atoms with Crippen molar-refractivity contribution >= 4 is 5.97 Å². The van der Waals surface area contributed by atoms with Crippen LogP contribution < -0.4 is 9.47 Å². The zero-order chi connectivity index (χ0) is 14.5. The molecule has 1 aromatic carbocycles. The molecule has 5 heteroatoms. The number of benzene rings is 1. The lowest BCUT2D eigenvalue weighted by atomic mass is 10.1. The molecule has 1 heterocycles. The van der Waals surface area contributed by atoms with Gasteiger partial charge in [0.1, 0.15) is 0 Å². The average molecular weight is 279 g/mol. The smallest absolute Gasteiger partial charge is 0.304 e. The van der Waals surface area contributed by atoms with Crippen molar-refractivity contribution < 1.29 is 19.4 Å². The highest BCUT2D eigenvalue weighted by atomic mass is 16.5. The largest absolute Gasteiger partial charge is 0.490 e. The molecule has 1 unspecified atom stereocenters. The Labute approximate surface area is 119 Å². The van der Waals surface area contributed by atoms with Gasteiger partial charge in [0.15, 0.2) is 11.5 Å². The highest BCUT2D eigenvalue weighted by Gasteiger charge is 2.16. The van der Waals surface area contributed by atoms with Crippen molar-refractivity contribution in [1.29, 1.82) is 0 Å². The fourth-order valence-corrected chi connectivity index (χ4v) is 2.16. The second-order valence-corrected chi connectivity index (χ2v) is 5.06. The Hall–Kier alpha value is -1.75. The topological polar surface area (TPSA) is 59.0 Å². The summed E-state index contributed by atoms with van der Waals surface area (Å²) < 4.78 is 11.3. The number of nitrogens with zero attached hydrogens (tertiary/aromatic N) is 1. The number of ether oxygens (including phenoxy) is 2. The molecule has 1 aliphatic heterocycles. The van der Waals surface area contributed by atoms with Gasteiger partial charge in [0.05, 0.1) is 19.6 Å². The first kappa shape index (κ1) is 14.7. The molecular formula is C15H21NO4. The van der Waals surface area contributed by atoms with Crippen molar-refractivity contribution in [2.24, 2.45) is 0 Å². The molecule has 0 amide bonds. The first-order chi connectivity index (χ1) is 9.58. The Balaban J connectivity index is 2.08. The number of aliphatic carboxylic acids is 1. The summed E-state index contributed by atoms with van der Waals surface area (Å²) in [6, 6.07) is 6.06. The molecule has 0 saturated carbocycles. The van der Waals surface area contributed by atoms with E-state index < -0.39 is 5.97 Å². The van der Waals surface area contributed by atoms with E-state index >= 15 is 0 Å². The summed E-state index contributed by atoms with van der Waals surface area (Å²) >= 11 is 0. The average Bonchev–Trinajstić information content (AvgIpc) is 2.68. The van der Waals surface area contributed by atoms with Crippen molar-refractivity contribution in [3.05, 3.63) is 23.8 Å². The minimum atomic E-state index is -0.775. The van der Waals surface area contributed by atoms with Crippen LogP contribution in [-0.2, 0) is 4.79 Å². The number of rotatable bonds is 5. The third kappa shape index (κ3) is 3.63. The third-order valence-electron chi connectivity index (χ3n) is 3.59. The maximum absolute atomic E-state index is 10.6. The summed E-state index contributed by atoms with van der Waals surface area (Å²) in [5.74, 6) is 0.785. The molecule has 0 spiro atoms. The first-order valence-corrected chi connectivity index (χ1v) is 6.89. The van der Waals surface area contributed by atoms with Crippen LogP contribution in [0.3, 0.4) is 0 Å². The minimum absolute atomic E-state index is 0.131. The number of carboxylic acid groups (broad SMARTS) is 1. The van der Waals surface area contributed by atoms with E-state index in [4.69, 9.17) is 14.6 Å². The van der Waals surface area contributed by atoms with Gasteiger partial charge in [-0.1, -0.05) is 6.07 Å². The van der Waals surface area contributed by atoms with Gasteiger partial charge >= 0.3 is 5.97 Å². The Morgan fingerprint density at radius 2 is 2.05 bits per heavy atom. The van der Waals surface area contributed by atoms with E-state index in [0.29, 0.717) is 19.8 Å². The lowest BCUT2D eigenvalue weighted by Crippen LogP contribution is -2.25. The van der Waals surface area contributed by atoms with Crippen molar-refractivity contribution in [1.82, 2.24) is 4.90 Å². The number of hydrogen-bond donors (Lipinski definition) is 1. The van der Waals surface area contributed by atoms with Crippen molar-refractivity contribution in [2.75, 3.05) is 26.8 Å². The van der Waals surface area contributed by atoms with Crippen molar-refractivity contribution in [2.45, 2.75) is 25.8 Å². The molecule has 2 rings (SSSR count). The van der Waals surface area contributed by atoms with Gasteiger partial charge in [-0.3, -0.25) is 9.69 Å². The Morgan fingerprint density at radius 3 is 2.75 bits per heavy atom.